The van der Waals surface area contributed by atoms with E-state index in [1.165, 1.54) is 0 Å². The summed E-state index contributed by atoms with van der Waals surface area (Å²) in [5.74, 6) is 2.33. The van der Waals surface area contributed by atoms with Crippen molar-refractivity contribution in [1.29, 1.82) is 5.26 Å². The van der Waals surface area contributed by atoms with Crippen LogP contribution >= 0.6 is 0 Å². The summed E-state index contributed by atoms with van der Waals surface area (Å²) in [7, 11) is 3.26. The number of benzene rings is 2. The number of aromatic nitrogens is 2. The molecule has 0 amide bonds. The van der Waals surface area contributed by atoms with Gasteiger partial charge in [-0.3, -0.25) is 0 Å². The molecule has 1 aliphatic heterocycles. The molecule has 130 valence electrons. The maximum absolute atomic E-state index is 9.00. The van der Waals surface area contributed by atoms with E-state index in [0.29, 0.717) is 17.1 Å². The van der Waals surface area contributed by atoms with Crippen molar-refractivity contribution in [2.75, 3.05) is 26.1 Å². The number of nitrogens with zero attached hydrogens (tertiary/aromatic N) is 3. The van der Waals surface area contributed by atoms with Crippen LogP contribution in [0.15, 0.2) is 42.5 Å². The van der Waals surface area contributed by atoms with Crippen LogP contribution in [0, 0.1) is 11.3 Å². The van der Waals surface area contributed by atoms with Gasteiger partial charge in [-0.2, -0.15) is 10.4 Å². The van der Waals surface area contributed by atoms with Crippen LogP contribution in [-0.2, 0) is 6.42 Å². The summed E-state index contributed by atoms with van der Waals surface area (Å²) in [6.07, 6.45) is 0.890. The SMILES string of the molecule is COc1cccc(-c2nn(-c3ccc(C#N)cc3)c3c2CCN3)c1OC. The third kappa shape index (κ3) is 2.45. The molecule has 2 heterocycles. The van der Waals surface area contributed by atoms with Crippen molar-refractivity contribution in [1.82, 2.24) is 9.78 Å². The Balaban J connectivity index is 1.89. The topological polar surface area (TPSA) is 72.1 Å². The van der Waals surface area contributed by atoms with Crippen molar-refractivity contribution >= 4 is 5.82 Å². The van der Waals surface area contributed by atoms with Crippen molar-refractivity contribution in [3.8, 4) is 34.5 Å². The minimum Gasteiger partial charge on any atom is -0.493 e. The molecule has 0 unspecified atom stereocenters. The molecular formula is C20H18N4O2. The van der Waals surface area contributed by atoms with E-state index in [0.717, 1.165) is 41.3 Å². The van der Waals surface area contributed by atoms with Crippen molar-refractivity contribution in [3.05, 3.63) is 53.6 Å². The molecule has 0 bridgehead atoms. The van der Waals surface area contributed by atoms with Gasteiger partial charge in [-0.25, -0.2) is 4.68 Å². The Hall–Kier alpha value is -3.46. The lowest BCUT2D eigenvalue weighted by Crippen LogP contribution is -2.04. The first-order chi connectivity index (χ1) is 12.8. The van der Waals surface area contributed by atoms with Crippen LogP contribution in [0.25, 0.3) is 16.9 Å². The highest BCUT2D eigenvalue weighted by Gasteiger charge is 2.26. The van der Waals surface area contributed by atoms with Gasteiger partial charge in [0.05, 0.1) is 31.5 Å². The summed E-state index contributed by atoms with van der Waals surface area (Å²) in [4.78, 5) is 0. The Kier molecular flexibility index (Phi) is 3.98. The van der Waals surface area contributed by atoms with E-state index in [9.17, 15) is 0 Å². The van der Waals surface area contributed by atoms with Gasteiger partial charge in [-0.1, -0.05) is 6.07 Å². The van der Waals surface area contributed by atoms with E-state index in [1.807, 2.05) is 35.0 Å². The van der Waals surface area contributed by atoms with Crippen molar-refractivity contribution in [2.24, 2.45) is 0 Å². The fourth-order valence-electron chi connectivity index (χ4n) is 3.33. The molecule has 0 saturated carbocycles. The minimum absolute atomic E-state index is 0.625. The van der Waals surface area contributed by atoms with Crippen LogP contribution in [0.2, 0.25) is 0 Å². The first kappa shape index (κ1) is 16.0. The minimum atomic E-state index is 0.625. The first-order valence-corrected chi connectivity index (χ1v) is 8.34. The van der Waals surface area contributed by atoms with Gasteiger partial charge in [-0.15, -0.1) is 0 Å². The number of fused-ring (bicyclic) bond motifs is 1. The number of hydrogen-bond donors (Lipinski definition) is 1. The largest absolute Gasteiger partial charge is 0.493 e. The molecule has 4 rings (SSSR count). The number of nitriles is 1. The third-order valence-corrected chi connectivity index (χ3v) is 4.55. The predicted octanol–water partition coefficient (Wildman–Crippen LogP) is 3.40. The fourth-order valence-corrected chi connectivity index (χ4v) is 3.33. The molecule has 0 aliphatic carbocycles. The smallest absolute Gasteiger partial charge is 0.170 e. The quantitative estimate of drug-likeness (QED) is 0.784. The summed E-state index contributed by atoms with van der Waals surface area (Å²) in [5, 5.41) is 17.3. The zero-order valence-corrected chi connectivity index (χ0v) is 14.6. The third-order valence-electron chi connectivity index (χ3n) is 4.55. The van der Waals surface area contributed by atoms with Crippen LogP contribution in [0.3, 0.4) is 0 Å². The molecule has 3 aromatic rings. The molecule has 0 fully saturated rings. The summed E-state index contributed by atoms with van der Waals surface area (Å²) >= 11 is 0. The predicted molar refractivity (Wildman–Crippen MR) is 99.0 cm³/mol. The van der Waals surface area contributed by atoms with E-state index in [1.54, 1.807) is 26.4 Å². The Morgan fingerprint density at radius 2 is 1.92 bits per heavy atom. The van der Waals surface area contributed by atoms with Crippen LogP contribution in [0.4, 0.5) is 5.82 Å². The number of ether oxygens (including phenoxy) is 2. The van der Waals surface area contributed by atoms with Gasteiger partial charge in [0.15, 0.2) is 11.5 Å². The Morgan fingerprint density at radius 3 is 2.62 bits per heavy atom. The van der Waals surface area contributed by atoms with Gasteiger partial charge in [-0.05, 0) is 42.8 Å². The Bertz CT molecular complexity index is 1000. The zero-order valence-electron chi connectivity index (χ0n) is 14.6. The number of anilines is 1. The van der Waals surface area contributed by atoms with Gasteiger partial charge in [0.25, 0.3) is 0 Å². The molecular weight excluding hydrogens is 328 g/mol. The number of rotatable bonds is 4. The normalized spacial score (nSPS) is 12.2. The van der Waals surface area contributed by atoms with Crippen molar-refractivity contribution < 1.29 is 9.47 Å². The van der Waals surface area contributed by atoms with Crippen LogP contribution in [0.5, 0.6) is 11.5 Å². The Morgan fingerprint density at radius 1 is 1.12 bits per heavy atom. The fraction of sp³-hybridized carbons (Fsp3) is 0.200. The lowest BCUT2D eigenvalue weighted by Gasteiger charge is -2.11. The second-order valence-electron chi connectivity index (χ2n) is 5.96. The highest BCUT2D eigenvalue weighted by atomic mass is 16.5. The lowest BCUT2D eigenvalue weighted by atomic mass is 10.1. The van der Waals surface area contributed by atoms with Gasteiger partial charge >= 0.3 is 0 Å². The number of nitrogens with one attached hydrogen (secondary N) is 1. The molecule has 6 nitrogen and oxygen atoms in total. The maximum atomic E-state index is 9.00. The molecule has 1 aliphatic rings. The summed E-state index contributed by atoms with van der Waals surface area (Å²) in [6.45, 7) is 0.864. The second kappa shape index (κ2) is 6.45. The zero-order chi connectivity index (χ0) is 18.1. The molecule has 0 spiro atoms. The number of methoxy groups -OCH3 is 2. The van der Waals surface area contributed by atoms with E-state index >= 15 is 0 Å². The van der Waals surface area contributed by atoms with Gasteiger partial charge in [0, 0.05) is 17.7 Å². The average molecular weight is 346 g/mol. The first-order valence-electron chi connectivity index (χ1n) is 8.34. The molecule has 2 aromatic carbocycles. The highest BCUT2D eigenvalue weighted by molar-refractivity contribution is 5.78. The average Bonchev–Trinajstić information content (AvgIpc) is 3.30. The lowest BCUT2D eigenvalue weighted by molar-refractivity contribution is 0.356. The van der Waals surface area contributed by atoms with E-state index < -0.39 is 0 Å². The molecule has 0 saturated heterocycles. The van der Waals surface area contributed by atoms with E-state index in [4.69, 9.17) is 19.8 Å². The van der Waals surface area contributed by atoms with E-state index in [-0.39, 0.29) is 0 Å². The molecule has 0 atom stereocenters. The van der Waals surface area contributed by atoms with Gasteiger partial charge in [0.1, 0.15) is 11.5 Å². The maximum Gasteiger partial charge on any atom is 0.170 e. The van der Waals surface area contributed by atoms with Crippen molar-refractivity contribution in [2.45, 2.75) is 6.42 Å². The van der Waals surface area contributed by atoms with E-state index in [2.05, 4.69) is 11.4 Å². The standard InChI is InChI=1S/C20H18N4O2/c1-25-17-5-3-4-15(19(17)26-2)18-16-10-11-22-20(16)24(23-18)14-8-6-13(12-21)7-9-14/h3-9,22H,10-11H2,1-2H3. The van der Waals surface area contributed by atoms with Crippen LogP contribution < -0.4 is 14.8 Å². The molecule has 1 aromatic heterocycles. The highest BCUT2D eigenvalue weighted by Crippen LogP contribution is 2.42. The number of para-hydroxylation sites is 1. The summed E-state index contributed by atoms with van der Waals surface area (Å²) < 4.78 is 12.9. The van der Waals surface area contributed by atoms with Gasteiger partial charge < -0.3 is 14.8 Å². The number of hydrogen-bond acceptors (Lipinski definition) is 5. The molecule has 0 radical (unpaired) electrons. The molecule has 26 heavy (non-hydrogen) atoms. The van der Waals surface area contributed by atoms with Crippen molar-refractivity contribution in [3.63, 3.8) is 0 Å². The second-order valence-corrected chi connectivity index (χ2v) is 5.96. The Labute approximate surface area is 151 Å². The van der Waals surface area contributed by atoms with Crippen LogP contribution in [-0.4, -0.2) is 30.5 Å². The van der Waals surface area contributed by atoms with Crippen LogP contribution in [0.1, 0.15) is 11.1 Å². The molecule has 1 N–H and O–H groups in total. The summed E-state index contributed by atoms with van der Waals surface area (Å²) in [6, 6.07) is 15.3. The monoisotopic (exact) mass is 346 g/mol. The molecule has 6 heteroatoms. The van der Waals surface area contributed by atoms with Gasteiger partial charge in [0.2, 0.25) is 0 Å². The summed E-state index contributed by atoms with van der Waals surface area (Å²) in [5.41, 5.74) is 4.47.